The molecule has 1 heterocycles. The number of benzene rings is 1. The van der Waals surface area contributed by atoms with Crippen molar-refractivity contribution in [1.29, 1.82) is 0 Å². The molecule has 2 atom stereocenters. The molecule has 0 radical (unpaired) electrons. The van der Waals surface area contributed by atoms with E-state index in [1.165, 1.54) is 10.0 Å². The van der Waals surface area contributed by atoms with Gasteiger partial charge in [0.1, 0.15) is 0 Å². The van der Waals surface area contributed by atoms with Gasteiger partial charge in [0.05, 0.1) is 0 Å². The fourth-order valence-corrected chi connectivity index (χ4v) is 3.38. The SMILES string of the molecule is O=C(NC[C@@H]1CNC[C@H]1Cc1ccccc1Br)C1CC1. The van der Waals surface area contributed by atoms with Gasteiger partial charge in [0.25, 0.3) is 0 Å². The second-order valence-electron chi connectivity index (χ2n) is 5.99. The Kier molecular flexibility index (Phi) is 4.41. The van der Waals surface area contributed by atoms with Gasteiger partial charge in [-0.25, -0.2) is 0 Å². The Labute approximate surface area is 128 Å². The summed E-state index contributed by atoms with van der Waals surface area (Å²) in [4.78, 5) is 11.7. The van der Waals surface area contributed by atoms with Crippen molar-refractivity contribution >= 4 is 21.8 Å². The van der Waals surface area contributed by atoms with Gasteiger partial charge in [0, 0.05) is 16.9 Å². The summed E-state index contributed by atoms with van der Waals surface area (Å²) in [5.74, 6) is 1.72. The number of carbonyl (C=O) groups is 1. The van der Waals surface area contributed by atoms with Crippen LogP contribution in [0.15, 0.2) is 28.7 Å². The average molecular weight is 337 g/mol. The summed E-state index contributed by atoms with van der Waals surface area (Å²) in [6.45, 7) is 2.88. The predicted molar refractivity (Wildman–Crippen MR) is 83.4 cm³/mol. The van der Waals surface area contributed by atoms with E-state index in [0.29, 0.717) is 17.8 Å². The topological polar surface area (TPSA) is 41.1 Å². The molecule has 2 fully saturated rings. The molecule has 1 aliphatic heterocycles. The van der Waals surface area contributed by atoms with E-state index in [9.17, 15) is 4.79 Å². The number of nitrogens with one attached hydrogen (secondary N) is 2. The van der Waals surface area contributed by atoms with Crippen LogP contribution in [0, 0.1) is 17.8 Å². The van der Waals surface area contributed by atoms with Crippen LogP contribution >= 0.6 is 15.9 Å². The van der Waals surface area contributed by atoms with Crippen molar-refractivity contribution < 1.29 is 4.79 Å². The third-order valence-electron chi connectivity index (χ3n) is 4.41. The minimum Gasteiger partial charge on any atom is -0.356 e. The molecule has 0 unspecified atom stereocenters. The van der Waals surface area contributed by atoms with E-state index in [-0.39, 0.29) is 5.91 Å². The molecule has 4 heteroatoms. The van der Waals surface area contributed by atoms with E-state index in [2.05, 4.69) is 44.8 Å². The fourth-order valence-electron chi connectivity index (χ4n) is 2.93. The molecule has 1 saturated heterocycles. The van der Waals surface area contributed by atoms with Gasteiger partial charge in [-0.05, 0) is 55.8 Å². The zero-order chi connectivity index (χ0) is 13.9. The van der Waals surface area contributed by atoms with E-state index < -0.39 is 0 Å². The monoisotopic (exact) mass is 336 g/mol. The smallest absolute Gasteiger partial charge is 0.223 e. The molecule has 1 amide bonds. The molecule has 1 saturated carbocycles. The minimum atomic E-state index is 0.261. The Morgan fingerprint density at radius 3 is 2.75 bits per heavy atom. The summed E-state index contributed by atoms with van der Waals surface area (Å²) in [6, 6.07) is 8.42. The van der Waals surface area contributed by atoms with Crippen molar-refractivity contribution in [3.8, 4) is 0 Å². The molecule has 1 aromatic rings. The summed E-state index contributed by atoms with van der Waals surface area (Å²) in [5, 5.41) is 6.59. The first-order valence-electron chi connectivity index (χ1n) is 7.46. The van der Waals surface area contributed by atoms with Crippen LogP contribution in [-0.4, -0.2) is 25.5 Å². The maximum absolute atomic E-state index is 11.7. The zero-order valence-corrected chi connectivity index (χ0v) is 13.2. The Bertz CT molecular complexity index is 487. The van der Waals surface area contributed by atoms with E-state index in [0.717, 1.165) is 38.9 Å². The highest BCUT2D eigenvalue weighted by Gasteiger charge is 2.32. The highest BCUT2D eigenvalue weighted by Crippen LogP contribution is 2.29. The molecule has 0 aromatic heterocycles. The summed E-state index contributed by atoms with van der Waals surface area (Å²) < 4.78 is 1.19. The van der Waals surface area contributed by atoms with Crippen molar-refractivity contribution in [3.63, 3.8) is 0 Å². The maximum Gasteiger partial charge on any atom is 0.223 e. The number of amides is 1. The third kappa shape index (κ3) is 3.41. The quantitative estimate of drug-likeness (QED) is 0.866. The summed E-state index contributed by atoms with van der Waals surface area (Å²) >= 11 is 3.62. The standard InChI is InChI=1S/C16H21BrN2O/c17-15-4-2-1-3-12(15)7-13-8-18-9-14(13)10-19-16(20)11-5-6-11/h1-4,11,13-14,18H,5-10H2,(H,19,20)/t13-,14+/m1/s1. The first kappa shape index (κ1) is 14.1. The number of hydrogen-bond donors (Lipinski definition) is 2. The molecule has 3 rings (SSSR count). The second kappa shape index (κ2) is 6.27. The summed E-state index contributed by atoms with van der Waals surface area (Å²) in [6.07, 6.45) is 3.22. The highest BCUT2D eigenvalue weighted by molar-refractivity contribution is 9.10. The van der Waals surface area contributed by atoms with Crippen LogP contribution in [0.4, 0.5) is 0 Å². The van der Waals surface area contributed by atoms with Gasteiger partial charge in [-0.1, -0.05) is 34.1 Å². The van der Waals surface area contributed by atoms with E-state index in [1.807, 2.05) is 6.07 Å². The van der Waals surface area contributed by atoms with Crippen molar-refractivity contribution in [2.75, 3.05) is 19.6 Å². The zero-order valence-electron chi connectivity index (χ0n) is 11.6. The van der Waals surface area contributed by atoms with Crippen LogP contribution in [0.3, 0.4) is 0 Å². The molecule has 3 nitrogen and oxygen atoms in total. The lowest BCUT2D eigenvalue weighted by Gasteiger charge is -2.19. The largest absolute Gasteiger partial charge is 0.356 e. The molecule has 1 aliphatic carbocycles. The number of carbonyl (C=O) groups excluding carboxylic acids is 1. The number of rotatable bonds is 5. The molecular weight excluding hydrogens is 316 g/mol. The van der Waals surface area contributed by atoms with Crippen molar-refractivity contribution in [3.05, 3.63) is 34.3 Å². The molecule has 20 heavy (non-hydrogen) atoms. The normalized spacial score (nSPS) is 25.6. The fraction of sp³-hybridized carbons (Fsp3) is 0.562. The van der Waals surface area contributed by atoms with Gasteiger partial charge in [0.15, 0.2) is 0 Å². The lowest BCUT2D eigenvalue weighted by Crippen LogP contribution is -2.34. The van der Waals surface area contributed by atoms with Crippen molar-refractivity contribution in [1.82, 2.24) is 10.6 Å². The molecule has 108 valence electrons. The third-order valence-corrected chi connectivity index (χ3v) is 5.18. The molecular formula is C16H21BrN2O. The maximum atomic E-state index is 11.7. The molecule has 0 bridgehead atoms. The lowest BCUT2D eigenvalue weighted by molar-refractivity contribution is -0.122. The second-order valence-corrected chi connectivity index (χ2v) is 6.85. The minimum absolute atomic E-state index is 0.261. The van der Waals surface area contributed by atoms with Gasteiger partial charge in [-0.3, -0.25) is 4.79 Å². The molecule has 1 aromatic carbocycles. The molecule has 2 aliphatic rings. The first-order valence-corrected chi connectivity index (χ1v) is 8.25. The Morgan fingerprint density at radius 2 is 2.00 bits per heavy atom. The van der Waals surface area contributed by atoms with Crippen LogP contribution < -0.4 is 10.6 Å². The van der Waals surface area contributed by atoms with Gasteiger partial charge in [0.2, 0.25) is 5.91 Å². The number of halogens is 1. The predicted octanol–water partition coefficient (Wildman–Crippen LogP) is 2.35. The Morgan fingerprint density at radius 1 is 1.25 bits per heavy atom. The van der Waals surface area contributed by atoms with E-state index in [1.54, 1.807) is 0 Å². The molecule has 0 spiro atoms. The van der Waals surface area contributed by atoms with E-state index >= 15 is 0 Å². The van der Waals surface area contributed by atoms with Crippen LogP contribution in [0.25, 0.3) is 0 Å². The van der Waals surface area contributed by atoms with Gasteiger partial charge in [-0.2, -0.15) is 0 Å². The number of hydrogen-bond acceptors (Lipinski definition) is 2. The van der Waals surface area contributed by atoms with Crippen LogP contribution in [0.1, 0.15) is 18.4 Å². The van der Waals surface area contributed by atoms with Crippen LogP contribution in [0.2, 0.25) is 0 Å². The Balaban J connectivity index is 1.55. The molecule has 2 N–H and O–H groups in total. The first-order chi connectivity index (χ1) is 9.74. The van der Waals surface area contributed by atoms with Crippen LogP contribution in [-0.2, 0) is 11.2 Å². The van der Waals surface area contributed by atoms with Gasteiger partial charge >= 0.3 is 0 Å². The highest BCUT2D eigenvalue weighted by atomic mass is 79.9. The van der Waals surface area contributed by atoms with Gasteiger partial charge in [-0.15, -0.1) is 0 Å². The summed E-state index contributed by atoms with van der Waals surface area (Å²) in [5.41, 5.74) is 1.36. The van der Waals surface area contributed by atoms with Crippen LogP contribution in [0.5, 0.6) is 0 Å². The van der Waals surface area contributed by atoms with E-state index in [4.69, 9.17) is 0 Å². The van der Waals surface area contributed by atoms with Crippen molar-refractivity contribution in [2.24, 2.45) is 17.8 Å². The van der Waals surface area contributed by atoms with Gasteiger partial charge < -0.3 is 10.6 Å². The Hall–Kier alpha value is -0.870. The summed E-state index contributed by atoms with van der Waals surface area (Å²) in [7, 11) is 0. The lowest BCUT2D eigenvalue weighted by atomic mass is 9.89. The average Bonchev–Trinajstić information content (AvgIpc) is 3.21. The van der Waals surface area contributed by atoms with Crippen molar-refractivity contribution in [2.45, 2.75) is 19.3 Å².